The van der Waals surface area contributed by atoms with Crippen LogP contribution in [0.1, 0.15) is 34.9 Å². The molecule has 1 amide bonds. The van der Waals surface area contributed by atoms with E-state index in [4.69, 9.17) is 4.98 Å². The molecular weight excluding hydrogens is 366 g/mol. The topological polar surface area (TPSA) is 37.6 Å². The summed E-state index contributed by atoms with van der Waals surface area (Å²) in [6, 6.07) is 16.8. The Hall–Kier alpha value is -2.24. The highest BCUT2D eigenvalue weighted by Gasteiger charge is 2.27. The fraction of sp³-hybridized carbons (Fsp3) is 0.391. The molecular formula is C23H28N3OS+. The maximum Gasteiger partial charge on any atom is 0.277 e. The van der Waals surface area contributed by atoms with Gasteiger partial charge >= 0.3 is 0 Å². The van der Waals surface area contributed by atoms with Crippen molar-refractivity contribution in [1.82, 2.24) is 9.88 Å². The molecule has 2 heterocycles. The van der Waals surface area contributed by atoms with Crippen LogP contribution in [0, 0.1) is 6.92 Å². The fourth-order valence-electron chi connectivity index (χ4n) is 3.92. The third kappa shape index (κ3) is 4.42. The van der Waals surface area contributed by atoms with Gasteiger partial charge in [-0.05, 0) is 24.6 Å². The Morgan fingerprint density at radius 3 is 2.57 bits per heavy atom. The number of benzene rings is 2. The number of thiazole rings is 1. The van der Waals surface area contributed by atoms with Crippen molar-refractivity contribution in [2.75, 3.05) is 26.7 Å². The summed E-state index contributed by atoms with van der Waals surface area (Å²) in [4.78, 5) is 20.7. The first kappa shape index (κ1) is 19.1. The van der Waals surface area contributed by atoms with E-state index in [-0.39, 0.29) is 5.91 Å². The Morgan fingerprint density at radius 1 is 1.14 bits per heavy atom. The Bertz CT molecular complexity index is 909. The maximum absolute atomic E-state index is 12.6. The predicted molar refractivity (Wildman–Crippen MR) is 115 cm³/mol. The van der Waals surface area contributed by atoms with Crippen LogP contribution in [0.2, 0.25) is 0 Å². The number of aryl methyl sites for hydroxylation is 1. The minimum Gasteiger partial charge on any atom is -0.337 e. The van der Waals surface area contributed by atoms with Crippen LogP contribution in [-0.2, 0) is 11.3 Å². The average Bonchev–Trinajstić information content (AvgIpc) is 3.14. The van der Waals surface area contributed by atoms with Gasteiger partial charge in [0, 0.05) is 32.4 Å². The molecule has 1 aliphatic rings. The lowest BCUT2D eigenvalue weighted by Gasteiger charge is -2.29. The Labute approximate surface area is 170 Å². The molecule has 0 radical (unpaired) electrons. The number of nitrogens with zero attached hydrogens (tertiary/aromatic N) is 2. The van der Waals surface area contributed by atoms with Crippen molar-refractivity contribution in [3.8, 4) is 0 Å². The second kappa shape index (κ2) is 8.41. The summed E-state index contributed by atoms with van der Waals surface area (Å²) in [6.45, 7) is 5.45. The first-order valence-corrected chi connectivity index (χ1v) is 10.9. The van der Waals surface area contributed by atoms with E-state index in [0.29, 0.717) is 19.0 Å². The summed E-state index contributed by atoms with van der Waals surface area (Å²) in [5.41, 5.74) is 3.55. The van der Waals surface area contributed by atoms with Crippen LogP contribution in [0.3, 0.4) is 0 Å². The van der Waals surface area contributed by atoms with Crippen molar-refractivity contribution >= 4 is 27.5 Å². The van der Waals surface area contributed by atoms with Crippen molar-refractivity contribution in [2.24, 2.45) is 0 Å². The van der Waals surface area contributed by atoms with Gasteiger partial charge in [-0.3, -0.25) is 4.79 Å². The van der Waals surface area contributed by atoms with Gasteiger partial charge in [0.25, 0.3) is 5.91 Å². The molecule has 4 rings (SSSR count). The van der Waals surface area contributed by atoms with Crippen molar-refractivity contribution in [1.29, 1.82) is 0 Å². The van der Waals surface area contributed by atoms with Crippen LogP contribution in [0.15, 0.2) is 48.5 Å². The van der Waals surface area contributed by atoms with E-state index >= 15 is 0 Å². The quantitative estimate of drug-likeness (QED) is 0.722. The van der Waals surface area contributed by atoms with E-state index in [0.717, 1.165) is 31.4 Å². The average molecular weight is 395 g/mol. The highest BCUT2D eigenvalue weighted by molar-refractivity contribution is 7.18. The summed E-state index contributed by atoms with van der Waals surface area (Å²) in [6.07, 6.45) is 2.23. The van der Waals surface area contributed by atoms with E-state index < -0.39 is 0 Å². The van der Waals surface area contributed by atoms with Crippen LogP contribution < -0.4 is 4.90 Å². The zero-order chi connectivity index (χ0) is 19.5. The van der Waals surface area contributed by atoms with Crippen molar-refractivity contribution in [2.45, 2.75) is 32.2 Å². The summed E-state index contributed by atoms with van der Waals surface area (Å²) >= 11 is 1.83. The second-order valence-electron chi connectivity index (χ2n) is 7.96. The lowest BCUT2D eigenvalue weighted by Crippen LogP contribution is -3.14. The van der Waals surface area contributed by atoms with Gasteiger partial charge in [0.15, 0.2) is 6.54 Å². The van der Waals surface area contributed by atoms with Crippen LogP contribution in [0.4, 0.5) is 0 Å². The standard InChI is InChI=1S/C23H27N3OS/c1-17-7-9-18(10-8-17)15-25(2)22(27)16-26-13-11-19(12-14-26)23-24-20-5-3-4-6-21(20)28-23/h3-10,19H,11-16H2,1-2H3/p+1. The SMILES string of the molecule is Cc1ccc(CN(C)C(=O)C[NH+]2CCC(c3nc4ccccc4s3)CC2)cc1. The molecule has 0 atom stereocenters. The van der Waals surface area contributed by atoms with E-state index in [2.05, 4.69) is 55.5 Å². The van der Waals surface area contributed by atoms with Gasteiger partial charge in [0.2, 0.25) is 0 Å². The molecule has 3 aromatic rings. The number of fused-ring (bicyclic) bond motifs is 1. The number of nitrogens with one attached hydrogen (secondary N) is 1. The summed E-state index contributed by atoms with van der Waals surface area (Å²) in [5.74, 6) is 0.774. The van der Waals surface area contributed by atoms with Crippen molar-refractivity contribution < 1.29 is 9.69 Å². The van der Waals surface area contributed by atoms with Crippen LogP contribution in [0.5, 0.6) is 0 Å². The number of quaternary nitrogens is 1. The van der Waals surface area contributed by atoms with Crippen molar-refractivity contribution in [3.63, 3.8) is 0 Å². The zero-order valence-corrected chi connectivity index (χ0v) is 17.5. The van der Waals surface area contributed by atoms with Gasteiger partial charge in [0.05, 0.1) is 28.3 Å². The van der Waals surface area contributed by atoms with Gasteiger partial charge in [-0.2, -0.15) is 0 Å². The number of aromatic nitrogens is 1. The number of likely N-dealkylation sites (N-methyl/N-ethyl adjacent to an activating group) is 1. The Kier molecular flexibility index (Phi) is 5.74. The number of amides is 1. The summed E-state index contributed by atoms with van der Waals surface area (Å²) in [7, 11) is 1.91. The molecule has 0 aliphatic carbocycles. The number of carbonyl (C=O) groups excluding carboxylic acids is 1. The van der Waals surface area contributed by atoms with E-state index in [9.17, 15) is 4.79 Å². The molecule has 5 heteroatoms. The molecule has 1 N–H and O–H groups in total. The molecule has 1 aliphatic heterocycles. The van der Waals surface area contributed by atoms with Gasteiger partial charge in [-0.15, -0.1) is 11.3 Å². The molecule has 0 bridgehead atoms. The smallest absolute Gasteiger partial charge is 0.277 e. The fourth-order valence-corrected chi connectivity index (χ4v) is 5.06. The number of hydrogen-bond acceptors (Lipinski definition) is 3. The minimum atomic E-state index is 0.231. The van der Waals surface area contributed by atoms with Gasteiger partial charge in [-0.25, -0.2) is 4.98 Å². The second-order valence-corrected chi connectivity index (χ2v) is 9.02. The van der Waals surface area contributed by atoms with Gasteiger partial charge < -0.3 is 9.80 Å². The predicted octanol–water partition coefficient (Wildman–Crippen LogP) is 3.03. The molecule has 1 aromatic heterocycles. The van der Waals surface area contributed by atoms with Crippen LogP contribution in [0.25, 0.3) is 10.2 Å². The molecule has 2 aromatic carbocycles. The molecule has 4 nitrogen and oxygen atoms in total. The first-order chi connectivity index (χ1) is 13.6. The number of piperidine rings is 1. The van der Waals surface area contributed by atoms with E-state index in [1.165, 1.54) is 25.7 Å². The largest absolute Gasteiger partial charge is 0.337 e. The third-order valence-corrected chi connectivity index (χ3v) is 6.92. The number of rotatable bonds is 5. The Balaban J connectivity index is 1.28. The van der Waals surface area contributed by atoms with E-state index in [1.54, 1.807) is 0 Å². The molecule has 28 heavy (non-hydrogen) atoms. The highest BCUT2D eigenvalue weighted by Crippen LogP contribution is 2.31. The number of carbonyl (C=O) groups is 1. The summed E-state index contributed by atoms with van der Waals surface area (Å²) in [5, 5.41) is 1.27. The lowest BCUT2D eigenvalue weighted by atomic mass is 9.97. The summed E-state index contributed by atoms with van der Waals surface area (Å²) < 4.78 is 1.28. The molecule has 0 unspecified atom stereocenters. The van der Waals surface area contributed by atoms with Crippen LogP contribution in [-0.4, -0.2) is 42.5 Å². The minimum absolute atomic E-state index is 0.231. The number of likely N-dealkylation sites (tertiary alicyclic amines) is 1. The van der Waals surface area contributed by atoms with Crippen LogP contribution >= 0.6 is 11.3 Å². The number of para-hydroxylation sites is 1. The molecule has 146 valence electrons. The van der Waals surface area contributed by atoms with E-state index in [1.807, 2.05) is 23.3 Å². The van der Waals surface area contributed by atoms with Crippen molar-refractivity contribution in [3.05, 3.63) is 64.7 Å². The maximum atomic E-state index is 12.6. The monoisotopic (exact) mass is 394 g/mol. The third-order valence-electron chi connectivity index (χ3n) is 5.72. The first-order valence-electron chi connectivity index (χ1n) is 10.1. The zero-order valence-electron chi connectivity index (χ0n) is 16.6. The van der Waals surface area contributed by atoms with Gasteiger partial charge in [0.1, 0.15) is 0 Å². The number of hydrogen-bond donors (Lipinski definition) is 1. The molecule has 0 saturated carbocycles. The lowest BCUT2D eigenvalue weighted by molar-refractivity contribution is -0.897. The molecule has 0 spiro atoms. The highest BCUT2D eigenvalue weighted by atomic mass is 32.1. The normalized spacial score (nSPS) is 19.6. The molecule has 1 fully saturated rings. The molecule has 1 saturated heterocycles. The van der Waals surface area contributed by atoms with Gasteiger partial charge in [-0.1, -0.05) is 42.0 Å². The Morgan fingerprint density at radius 2 is 1.86 bits per heavy atom.